The minimum Gasteiger partial charge on any atom is -0.461 e. The Labute approximate surface area is 112 Å². The molecule has 0 spiro atoms. The number of allylic oxidation sites excluding steroid dienone is 1. The van der Waals surface area contributed by atoms with Gasteiger partial charge in [0.15, 0.2) is 5.60 Å². The molecule has 0 aromatic heterocycles. The lowest BCUT2D eigenvalue weighted by Gasteiger charge is -2.32. The van der Waals surface area contributed by atoms with Crippen molar-refractivity contribution >= 4 is 5.97 Å². The topological polar surface area (TPSA) is 44.8 Å². The van der Waals surface area contributed by atoms with E-state index in [0.29, 0.717) is 0 Å². The lowest BCUT2D eigenvalue weighted by molar-refractivity contribution is -0.328. The highest BCUT2D eigenvalue weighted by Gasteiger charge is 2.68. The molecular weight excluding hydrogens is 244 g/mol. The van der Waals surface area contributed by atoms with Crippen molar-refractivity contribution in [2.75, 3.05) is 0 Å². The second-order valence-electron chi connectivity index (χ2n) is 6.43. The average molecular weight is 262 g/mol. The van der Waals surface area contributed by atoms with E-state index in [9.17, 15) is 4.79 Å². The average Bonchev–Trinajstić information content (AvgIpc) is 2.91. The second kappa shape index (κ2) is 3.30. The summed E-state index contributed by atoms with van der Waals surface area (Å²) in [4.78, 5) is 23.1. The summed E-state index contributed by atoms with van der Waals surface area (Å²) >= 11 is 0. The van der Waals surface area contributed by atoms with E-state index in [2.05, 4.69) is 25.2 Å². The molecule has 0 unspecified atom stereocenters. The summed E-state index contributed by atoms with van der Waals surface area (Å²) in [5.41, 5.74) is 0.123. The fraction of sp³-hybridized carbons (Fsp3) is 0.667. The summed E-state index contributed by atoms with van der Waals surface area (Å²) < 4.78 is 5.69. The number of esters is 1. The van der Waals surface area contributed by atoms with Crippen LogP contribution in [0.15, 0.2) is 23.8 Å². The first kappa shape index (κ1) is 11.7. The molecule has 0 aromatic rings. The number of carbonyl (C=O) groups is 1. The number of hydrogen-bond acceptors (Lipinski definition) is 4. The van der Waals surface area contributed by atoms with Crippen LogP contribution in [0.4, 0.5) is 0 Å². The van der Waals surface area contributed by atoms with Gasteiger partial charge in [-0.25, -0.2) is 9.78 Å². The van der Waals surface area contributed by atoms with Gasteiger partial charge in [0.05, 0.1) is 11.8 Å². The Bertz CT molecular complexity index is 522. The van der Waals surface area contributed by atoms with Crippen molar-refractivity contribution in [1.82, 2.24) is 0 Å². The minimum absolute atomic E-state index is 0.0256. The van der Waals surface area contributed by atoms with Crippen LogP contribution < -0.4 is 0 Å². The predicted octanol–water partition coefficient (Wildman–Crippen LogP) is 2.16. The van der Waals surface area contributed by atoms with Gasteiger partial charge in [0.1, 0.15) is 11.7 Å². The molecule has 102 valence electrons. The maximum Gasteiger partial charge on any atom is 0.309 e. The zero-order valence-corrected chi connectivity index (χ0v) is 11.4. The molecule has 6 atom stereocenters. The number of hydrogen-bond donors (Lipinski definition) is 0. The van der Waals surface area contributed by atoms with Gasteiger partial charge in [0.25, 0.3) is 0 Å². The molecule has 0 amide bonds. The van der Waals surface area contributed by atoms with Gasteiger partial charge in [-0.15, -0.1) is 0 Å². The Hall–Kier alpha value is -1.13. The number of fused-ring (bicyclic) bond motifs is 1. The summed E-state index contributed by atoms with van der Waals surface area (Å²) in [7, 11) is 0. The van der Waals surface area contributed by atoms with Gasteiger partial charge < -0.3 is 4.74 Å². The van der Waals surface area contributed by atoms with E-state index >= 15 is 0 Å². The van der Waals surface area contributed by atoms with Crippen LogP contribution in [0, 0.1) is 17.8 Å². The molecule has 4 aliphatic rings. The first-order chi connectivity index (χ1) is 8.98. The molecule has 4 nitrogen and oxygen atoms in total. The molecule has 2 aliphatic heterocycles. The minimum atomic E-state index is -0.543. The highest BCUT2D eigenvalue weighted by Crippen LogP contribution is 2.59. The fourth-order valence-corrected chi connectivity index (χ4v) is 4.17. The largest absolute Gasteiger partial charge is 0.461 e. The number of carbonyl (C=O) groups excluding carboxylic acids is 1. The Morgan fingerprint density at radius 2 is 2.11 bits per heavy atom. The van der Waals surface area contributed by atoms with Gasteiger partial charge >= 0.3 is 5.97 Å². The summed E-state index contributed by atoms with van der Waals surface area (Å²) in [5.74, 6) is 0.109. The SMILES string of the molecule is CC1=CC[C@@H]2[C@H](OC(=O)[C@@H]2C)[C@H]2[C@@]3(C)C=C[C@@]12OO3. The maximum absolute atomic E-state index is 11.9. The van der Waals surface area contributed by atoms with Crippen molar-refractivity contribution in [2.45, 2.75) is 44.5 Å². The predicted molar refractivity (Wildman–Crippen MR) is 66.8 cm³/mol. The Balaban J connectivity index is 1.86. The summed E-state index contributed by atoms with van der Waals surface area (Å²) in [6.07, 6.45) is 7.05. The van der Waals surface area contributed by atoms with Crippen LogP contribution in [0.1, 0.15) is 27.2 Å². The molecule has 2 fully saturated rings. The van der Waals surface area contributed by atoms with Crippen LogP contribution in [0.3, 0.4) is 0 Å². The molecule has 0 aromatic carbocycles. The first-order valence-corrected chi connectivity index (χ1v) is 6.93. The van der Waals surface area contributed by atoms with E-state index in [0.717, 1.165) is 12.0 Å². The zero-order valence-electron chi connectivity index (χ0n) is 11.4. The Kier molecular flexibility index (Phi) is 2.03. The van der Waals surface area contributed by atoms with Crippen molar-refractivity contribution in [3.05, 3.63) is 23.8 Å². The lowest BCUT2D eigenvalue weighted by atomic mass is 9.73. The highest BCUT2D eigenvalue weighted by molar-refractivity contribution is 5.75. The van der Waals surface area contributed by atoms with Crippen LogP contribution in [-0.2, 0) is 19.3 Å². The molecule has 4 rings (SSSR count). The van der Waals surface area contributed by atoms with Gasteiger partial charge in [0.2, 0.25) is 0 Å². The Morgan fingerprint density at radius 1 is 1.32 bits per heavy atom. The molecule has 19 heavy (non-hydrogen) atoms. The molecule has 0 N–H and O–H groups in total. The van der Waals surface area contributed by atoms with E-state index in [1.54, 1.807) is 0 Å². The normalized spacial score (nSPS) is 54.5. The molecule has 2 aliphatic carbocycles. The lowest BCUT2D eigenvalue weighted by Crippen LogP contribution is -2.46. The molecule has 2 saturated heterocycles. The summed E-state index contributed by atoms with van der Waals surface area (Å²) in [6, 6.07) is 0. The van der Waals surface area contributed by atoms with Crippen LogP contribution >= 0.6 is 0 Å². The van der Waals surface area contributed by atoms with Crippen molar-refractivity contribution < 1.29 is 19.3 Å². The van der Waals surface area contributed by atoms with Gasteiger partial charge in [-0.05, 0) is 31.9 Å². The van der Waals surface area contributed by atoms with E-state index < -0.39 is 11.2 Å². The van der Waals surface area contributed by atoms with Gasteiger partial charge in [-0.2, -0.15) is 0 Å². The van der Waals surface area contributed by atoms with Crippen LogP contribution in [0.25, 0.3) is 0 Å². The van der Waals surface area contributed by atoms with E-state index in [-0.39, 0.29) is 29.8 Å². The molecule has 2 bridgehead atoms. The molecule has 0 radical (unpaired) electrons. The molecule has 4 heteroatoms. The highest BCUT2D eigenvalue weighted by atomic mass is 17.2. The summed E-state index contributed by atoms with van der Waals surface area (Å²) in [6.45, 7) is 6.04. The van der Waals surface area contributed by atoms with Crippen LogP contribution in [0.2, 0.25) is 0 Å². The van der Waals surface area contributed by atoms with Crippen LogP contribution in [0.5, 0.6) is 0 Å². The third kappa shape index (κ3) is 1.20. The van der Waals surface area contributed by atoms with Crippen molar-refractivity contribution in [2.24, 2.45) is 17.8 Å². The maximum atomic E-state index is 11.9. The molecule has 0 saturated carbocycles. The second-order valence-corrected chi connectivity index (χ2v) is 6.43. The molecular formula is C15H18O4. The van der Waals surface area contributed by atoms with Gasteiger partial charge in [-0.3, -0.25) is 4.79 Å². The van der Waals surface area contributed by atoms with E-state index in [1.165, 1.54) is 0 Å². The monoisotopic (exact) mass is 262 g/mol. The van der Waals surface area contributed by atoms with E-state index in [4.69, 9.17) is 14.5 Å². The smallest absolute Gasteiger partial charge is 0.309 e. The third-order valence-corrected chi connectivity index (χ3v) is 5.43. The van der Waals surface area contributed by atoms with Crippen LogP contribution in [-0.4, -0.2) is 23.3 Å². The standard InChI is InChI=1S/C15H18O4/c1-8-4-5-10-9(2)13(16)17-11(10)12-14(3)6-7-15(8,12)19-18-14/h4,6-7,9-12H,5H2,1-3H3/t9-,10+,11+,12+,14-,15-/m1/s1. The Morgan fingerprint density at radius 3 is 2.79 bits per heavy atom. The van der Waals surface area contributed by atoms with Gasteiger partial charge in [-0.1, -0.05) is 19.1 Å². The number of ether oxygens (including phenoxy) is 1. The third-order valence-electron chi connectivity index (χ3n) is 5.43. The molecule has 2 heterocycles. The quantitative estimate of drug-likeness (QED) is 0.381. The number of rotatable bonds is 0. The fourth-order valence-electron chi connectivity index (χ4n) is 4.17. The van der Waals surface area contributed by atoms with Gasteiger partial charge in [0, 0.05) is 5.92 Å². The summed E-state index contributed by atoms with van der Waals surface area (Å²) in [5, 5.41) is 0. The zero-order chi connectivity index (χ0) is 13.4. The van der Waals surface area contributed by atoms with Crippen molar-refractivity contribution in [3.63, 3.8) is 0 Å². The van der Waals surface area contributed by atoms with Crippen molar-refractivity contribution in [3.8, 4) is 0 Å². The van der Waals surface area contributed by atoms with Crippen molar-refractivity contribution in [1.29, 1.82) is 0 Å². The van der Waals surface area contributed by atoms with E-state index in [1.807, 2.05) is 13.8 Å². The first-order valence-electron chi connectivity index (χ1n) is 6.93.